The van der Waals surface area contributed by atoms with Crippen molar-refractivity contribution >= 4 is 15.9 Å². The van der Waals surface area contributed by atoms with Gasteiger partial charge in [0.15, 0.2) is 0 Å². The smallest absolute Gasteiger partial charge is 0.0699 e. The van der Waals surface area contributed by atoms with Crippen LogP contribution < -0.4 is 5.32 Å². The number of halogens is 1. The highest BCUT2D eigenvalue weighted by Crippen LogP contribution is 2.26. The zero-order valence-corrected chi connectivity index (χ0v) is 14.4. The third-order valence-corrected chi connectivity index (χ3v) is 4.13. The van der Waals surface area contributed by atoms with E-state index in [1.807, 2.05) is 6.20 Å². The molecule has 0 fully saturated rings. The molecule has 0 radical (unpaired) electrons. The van der Waals surface area contributed by atoms with Crippen molar-refractivity contribution < 1.29 is 0 Å². The Morgan fingerprint density at radius 1 is 1.19 bits per heavy atom. The first-order valence-corrected chi connectivity index (χ1v) is 8.54. The second-order valence-corrected chi connectivity index (χ2v) is 6.15. The first kappa shape index (κ1) is 16.2. The molecule has 2 rings (SSSR count). The van der Waals surface area contributed by atoms with Crippen LogP contribution in [0.3, 0.4) is 0 Å². The number of benzene rings is 1. The fraction of sp³-hybridized carbons (Fsp3) is 0.471. The van der Waals surface area contributed by atoms with Crippen LogP contribution in [0.25, 0.3) is 0 Å². The Morgan fingerprint density at radius 3 is 2.62 bits per heavy atom. The Bertz CT molecular complexity index is 536. The van der Waals surface area contributed by atoms with Gasteiger partial charge in [0.1, 0.15) is 0 Å². The van der Waals surface area contributed by atoms with E-state index in [0.717, 1.165) is 36.8 Å². The molecule has 1 aromatic heterocycles. The van der Waals surface area contributed by atoms with E-state index < -0.39 is 0 Å². The molecule has 2 aromatic rings. The van der Waals surface area contributed by atoms with Gasteiger partial charge in [-0.15, -0.1) is 0 Å². The fourth-order valence-corrected chi connectivity index (χ4v) is 3.11. The van der Waals surface area contributed by atoms with Crippen LogP contribution in [0.5, 0.6) is 0 Å². The van der Waals surface area contributed by atoms with Crippen molar-refractivity contribution in [1.82, 2.24) is 15.1 Å². The SMILES string of the molecule is CCCNC(Cc1ccccc1)c1c(Br)cnn1CCC. The molecular formula is C17H24BrN3. The average molecular weight is 350 g/mol. The Kier molecular flexibility index (Phi) is 6.46. The van der Waals surface area contributed by atoms with Crippen LogP contribution in [-0.4, -0.2) is 16.3 Å². The molecule has 0 bridgehead atoms. The summed E-state index contributed by atoms with van der Waals surface area (Å²) in [6.45, 7) is 6.36. The van der Waals surface area contributed by atoms with Crippen molar-refractivity contribution in [3.63, 3.8) is 0 Å². The Morgan fingerprint density at radius 2 is 1.95 bits per heavy atom. The van der Waals surface area contributed by atoms with E-state index in [9.17, 15) is 0 Å². The molecule has 0 saturated carbocycles. The highest BCUT2D eigenvalue weighted by atomic mass is 79.9. The highest BCUT2D eigenvalue weighted by Gasteiger charge is 2.19. The minimum absolute atomic E-state index is 0.288. The van der Waals surface area contributed by atoms with Gasteiger partial charge in [-0.25, -0.2) is 0 Å². The van der Waals surface area contributed by atoms with Crippen LogP contribution in [-0.2, 0) is 13.0 Å². The predicted molar refractivity (Wildman–Crippen MR) is 91.4 cm³/mol. The maximum absolute atomic E-state index is 4.51. The van der Waals surface area contributed by atoms with Crippen LogP contribution in [0.2, 0.25) is 0 Å². The normalized spacial score (nSPS) is 12.5. The van der Waals surface area contributed by atoms with E-state index in [2.05, 4.69) is 75.2 Å². The van der Waals surface area contributed by atoms with Crippen LogP contribution in [0.4, 0.5) is 0 Å². The average Bonchev–Trinajstić information content (AvgIpc) is 2.86. The van der Waals surface area contributed by atoms with Crippen LogP contribution >= 0.6 is 15.9 Å². The van der Waals surface area contributed by atoms with E-state index in [1.165, 1.54) is 11.3 Å². The van der Waals surface area contributed by atoms with E-state index in [1.54, 1.807) is 0 Å². The lowest BCUT2D eigenvalue weighted by molar-refractivity contribution is 0.467. The quantitative estimate of drug-likeness (QED) is 0.768. The zero-order chi connectivity index (χ0) is 15.1. The standard InChI is InChI=1S/C17H24BrN3/c1-3-10-19-16(12-14-8-6-5-7-9-14)17-15(18)13-20-21(17)11-4-2/h5-9,13,16,19H,3-4,10-12H2,1-2H3. The van der Waals surface area contributed by atoms with E-state index in [4.69, 9.17) is 0 Å². The van der Waals surface area contributed by atoms with E-state index in [-0.39, 0.29) is 6.04 Å². The molecule has 0 aliphatic carbocycles. The predicted octanol–water partition coefficient (Wildman–Crippen LogP) is 4.34. The second kappa shape index (κ2) is 8.35. The third-order valence-electron chi connectivity index (χ3n) is 3.52. The molecule has 1 atom stereocenters. The fourth-order valence-electron chi connectivity index (χ4n) is 2.54. The number of aryl methyl sites for hydroxylation is 1. The molecule has 0 amide bonds. The summed E-state index contributed by atoms with van der Waals surface area (Å²) in [7, 11) is 0. The van der Waals surface area contributed by atoms with Gasteiger partial charge in [-0.05, 0) is 47.3 Å². The van der Waals surface area contributed by atoms with Crippen molar-refractivity contribution in [3.8, 4) is 0 Å². The van der Waals surface area contributed by atoms with Crippen LogP contribution in [0.1, 0.15) is 44.0 Å². The van der Waals surface area contributed by atoms with Gasteiger partial charge >= 0.3 is 0 Å². The molecule has 1 unspecified atom stereocenters. The van der Waals surface area contributed by atoms with Crippen molar-refractivity contribution in [1.29, 1.82) is 0 Å². The number of aromatic nitrogens is 2. The molecule has 4 heteroatoms. The van der Waals surface area contributed by atoms with Crippen molar-refractivity contribution in [2.75, 3.05) is 6.54 Å². The molecule has 114 valence electrons. The summed E-state index contributed by atoms with van der Waals surface area (Å²) in [5.41, 5.74) is 2.61. The van der Waals surface area contributed by atoms with E-state index >= 15 is 0 Å². The number of rotatable bonds is 8. The molecule has 0 aliphatic heterocycles. The van der Waals surface area contributed by atoms with Gasteiger partial charge in [0.2, 0.25) is 0 Å². The van der Waals surface area contributed by atoms with Gasteiger partial charge in [0, 0.05) is 6.54 Å². The second-order valence-electron chi connectivity index (χ2n) is 5.30. The molecule has 0 saturated heterocycles. The lowest BCUT2D eigenvalue weighted by Gasteiger charge is -2.21. The van der Waals surface area contributed by atoms with Crippen LogP contribution in [0.15, 0.2) is 41.0 Å². The summed E-state index contributed by atoms with van der Waals surface area (Å²) in [5.74, 6) is 0. The van der Waals surface area contributed by atoms with Crippen LogP contribution in [0, 0.1) is 0 Å². The van der Waals surface area contributed by atoms with Gasteiger partial charge in [0.05, 0.1) is 22.4 Å². The summed E-state index contributed by atoms with van der Waals surface area (Å²) in [4.78, 5) is 0. The number of nitrogens with zero attached hydrogens (tertiary/aromatic N) is 2. The summed E-state index contributed by atoms with van der Waals surface area (Å²) in [6, 6.07) is 10.9. The first-order chi connectivity index (χ1) is 10.3. The molecule has 1 N–H and O–H groups in total. The van der Waals surface area contributed by atoms with Crippen molar-refractivity contribution in [3.05, 3.63) is 52.3 Å². The van der Waals surface area contributed by atoms with Gasteiger partial charge in [-0.3, -0.25) is 4.68 Å². The third kappa shape index (κ3) is 4.42. The molecule has 0 aliphatic rings. The summed E-state index contributed by atoms with van der Waals surface area (Å²) in [6.07, 6.45) is 5.11. The molecule has 3 nitrogen and oxygen atoms in total. The largest absolute Gasteiger partial charge is 0.308 e. The number of hydrogen-bond acceptors (Lipinski definition) is 2. The molecule has 1 aromatic carbocycles. The lowest BCUT2D eigenvalue weighted by atomic mass is 10.0. The number of nitrogens with one attached hydrogen (secondary N) is 1. The Labute approximate surface area is 135 Å². The van der Waals surface area contributed by atoms with Gasteiger partial charge < -0.3 is 5.32 Å². The van der Waals surface area contributed by atoms with E-state index in [0.29, 0.717) is 0 Å². The van der Waals surface area contributed by atoms with Gasteiger partial charge in [-0.1, -0.05) is 44.2 Å². The molecule has 21 heavy (non-hydrogen) atoms. The molecular weight excluding hydrogens is 326 g/mol. The molecule has 1 heterocycles. The van der Waals surface area contributed by atoms with Gasteiger partial charge in [-0.2, -0.15) is 5.10 Å². The topological polar surface area (TPSA) is 29.9 Å². The highest BCUT2D eigenvalue weighted by molar-refractivity contribution is 9.10. The van der Waals surface area contributed by atoms with Crippen molar-refractivity contribution in [2.24, 2.45) is 0 Å². The number of hydrogen-bond donors (Lipinski definition) is 1. The Hall–Kier alpha value is -1.13. The zero-order valence-electron chi connectivity index (χ0n) is 12.8. The summed E-state index contributed by atoms with van der Waals surface area (Å²) in [5, 5.41) is 8.17. The summed E-state index contributed by atoms with van der Waals surface area (Å²) >= 11 is 3.67. The monoisotopic (exact) mass is 349 g/mol. The molecule has 0 spiro atoms. The maximum Gasteiger partial charge on any atom is 0.0699 e. The van der Waals surface area contributed by atoms with Crippen molar-refractivity contribution in [2.45, 2.75) is 45.7 Å². The first-order valence-electron chi connectivity index (χ1n) is 7.74. The van der Waals surface area contributed by atoms with Gasteiger partial charge in [0.25, 0.3) is 0 Å². The summed E-state index contributed by atoms with van der Waals surface area (Å²) < 4.78 is 3.22. The maximum atomic E-state index is 4.51. The lowest BCUT2D eigenvalue weighted by Crippen LogP contribution is -2.27. The minimum Gasteiger partial charge on any atom is -0.308 e. The minimum atomic E-state index is 0.288. The Balaban J connectivity index is 2.25.